The van der Waals surface area contributed by atoms with Crippen molar-refractivity contribution in [2.75, 3.05) is 39.8 Å². The molecule has 0 aliphatic carbocycles. The van der Waals surface area contributed by atoms with Gasteiger partial charge in [-0.3, -0.25) is 4.79 Å². The molecule has 4 nitrogen and oxygen atoms in total. The van der Waals surface area contributed by atoms with E-state index in [4.69, 9.17) is 0 Å². The molecule has 0 aromatic carbocycles. The fraction of sp³-hybridized carbons (Fsp3) is 0.923. The van der Waals surface area contributed by atoms with E-state index in [-0.39, 0.29) is 5.91 Å². The van der Waals surface area contributed by atoms with E-state index in [9.17, 15) is 4.79 Å². The average molecular weight is 240 g/mol. The average Bonchev–Trinajstić information content (AvgIpc) is 2.38. The van der Waals surface area contributed by atoms with Crippen molar-refractivity contribution in [3.63, 3.8) is 0 Å². The molecule has 17 heavy (non-hydrogen) atoms. The van der Waals surface area contributed by atoms with Crippen molar-refractivity contribution in [3.05, 3.63) is 0 Å². The molecule has 1 saturated heterocycles. The van der Waals surface area contributed by atoms with E-state index in [0.29, 0.717) is 12.5 Å². The minimum Gasteiger partial charge on any atom is -0.343 e. The van der Waals surface area contributed by atoms with Crippen LogP contribution in [-0.2, 0) is 4.79 Å². The summed E-state index contributed by atoms with van der Waals surface area (Å²) in [4.78, 5) is 16.1. The predicted molar refractivity (Wildman–Crippen MR) is 70.1 cm³/mol. The molecule has 0 aromatic heterocycles. The normalized spacial score (nSPS) is 17.4. The number of hydrogen-bond acceptors (Lipinski definition) is 2. The Bertz CT molecular complexity index is 223. The molecule has 1 radical (unpaired) electrons. The van der Waals surface area contributed by atoms with Gasteiger partial charge in [0.05, 0.1) is 0 Å². The lowest BCUT2D eigenvalue weighted by atomic mass is 10.1. The smallest absolute Gasteiger partial charge is 0.223 e. The van der Waals surface area contributed by atoms with Crippen LogP contribution in [0.25, 0.3) is 0 Å². The third-order valence-corrected chi connectivity index (χ3v) is 3.66. The molecule has 99 valence electrons. The largest absolute Gasteiger partial charge is 0.343 e. The van der Waals surface area contributed by atoms with Gasteiger partial charge in [-0.05, 0) is 33.7 Å². The molecule has 1 aliphatic heterocycles. The summed E-state index contributed by atoms with van der Waals surface area (Å²) in [6.45, 7) is 8.56. The lowest BCUT2D eigenvalue weighted by Crippen LogP contribution is -2.41. The summed E-state index contributed by atoms with van der Waals surface area (Å²) in [7, 11) is 2.13. The zero-order chi connectivity index (χ0) is 12.7. The fourth-order valence-electron chi connectivity index (χ4n) is 2.37. The Labute approximate surface area is 105 Å². The molecular formula is C13H26N3O. The number of amides is 1. The highest BCUT2D eigenvalue weighted by atomic mass is 16.2. The van der Waals surface area contributed by atoms with E-state index in [2.05, 4.69) is 17.3 Å². The molecule has 1 heterocycles. The van der Waals surface area contributed by atoms with Crippen molar-refractivity contribution in [2.45, 2.75) is 39.2 Å². The van der Waals surface area contributed by atoms with Crippen molar-refractivity contribution in [2.24, 2.45) is 0 Å². The first-order valence-electron chi connectivity index (χ1n) is 6.80. The van der Waals surface area contributed by atoms with Crippen molar-refractivity contribution in [3.8, 4) is 0 Å². The maximum absolute atomic E-state index is 11.9. The third-order valence-electron chi connectivity index (χ3n) is 3.66. The van der Waals surface area contributed by atoms with Gasteiger partial charge < -0.3 is 9.80 Å². The van der Waals surface area contributed by atoms with Crippen LogP contribution in [0.2, 0.25) is 0 Å². The van der Waals surface area contributed by atoms with Gasteiger partial charge in [0.1, 0.15) is 0 Å². The molecular weight excluding hydrogens is 214 g/mol. The molecule has 4 heteroatoms. The van der Waals surface area contributed by atoms with Gasteiger partial charge >= 0.3 is 0 Å². The van der Waals surface area contributed by atoms with Gasteiger partial charge in [-0.25, -0.2) is 5.32 Å². The maximum atomic E-state index is 11.9. The highest BCUT2D eigenvalue weighted by Crippen LogP contribution is 2.11. The summed E-state index contributed by atoms with van der Waals surface area (Å²) >= 11 is 0. The standard InChI is InChI=1S/C13H26N3O/c1-4-16(5-2)13(17)8-11-15(3)12-6-9-14-10-7-12/h12H,4-11H2,1-3H3. The van der Waals surface area contributed by atoms with Gasteiger partial charge in [-0.1, -0.05) is 0 Å². The second kappa shape index (κ2) is 7.67. The van der Waals surface area contributed by atoms with Gasteiger partial charge in [0.15, 0.2) is 0 Å². The Hall–Kier alpha value is -0.610. The lowest BCUT2D eigenvalue weighted by molar-refractivity contribution is -0.131. The highest BCUT2D eigenvalue weighted by molar-refractivity contribution is 5.76. The minimum atomic E-state index is 0.280. The van der Waals surface area contributed by atoms with Crippen LogP contribution >= 0.6 is 0 Å². The molecule has 0 aromatic rings. The number of carbonyl (C=O) groups is 1. The zero-order valence-corrected chi connectivity index (χ0v) is 11.5. The van der Waals surface area contributed by atoms with Crippen LogP contribution < -0.4 is 5.32 Å². The van der Waals surface area contributed by atoms with Crippen LogP contribution in [0.5, 0.6) is 0 Å². The van der Waals surface area contributed by atoms with Gasteiger partial charge in [-0.15, -0.1) is 0 Å². The summed E-state index contributed by atoms with van der Waals surface area (Å²) in [6.07, 6.45) is 2.94. The Kier molecular flexibility index (Phi) is 6.52. The SMILES string of the molecule is CCN(CC)C(=O)CCN(C)C1CC[N]CC1. The number of carbonyl (C=O) groups excluding carboxylic acids is 1. The van der Waals surface area contributed by atoms with Crippen molar-refractivity contribution < 1.29 is 4.79 Å². The summed E-state index contributed by atoms with van der Waals surface area (Å²) < 4.78 is 0. The first-order valence-corrected chi connectivity index (χ1v) is 6.80. The molecule has 1 amide bonds. The molecule has 0 saturated carbocycles. The van der Waals surface area contributed by atoms with Crippen LogP contribution in [0.3, 0.4) is 0 Å². The predicted octanol–water partition coefficient (Wildman–Crippen LogP) is 0.944. The molecule has 0 bridgehead atoms. The Morgan fingerprint density at radius 2 is 1.82 bits per heavy atom. The van der Waals surface area contributed by atoms with Crippen molar-refractivity contribution in [1.82, 2.24) is 15.1 Å². The molecule has 1 fully saturated rings. The van der Waals surface area contributed by atoms with E-state index in [0.717, 1.165) is 45.6 Å². The molecule has 1 aliphatic rings. The maximum Gasteiger partial charge on any atom is 0.223 e. The topological polar surface area (TPSA) is 37.7 Å². The molecule has 0 N–H and O–H groups in total. The molecule has 1 rings (SSSR count). The Morgan fingerprint density at radius 1 is 1.24 bits per heavy atom. The van der Waals surface area contributed by atoms with Gasteiger partial charge in [0.2, 0.25) is 5.91 Å². The van der Waals surface area contributed by atoms with E-state index >= 15 is 0 Å². The first kappa shape index (κ1) is 14.5. The third kappa shape index (κ3) is 4.64. The zero-order valence-electron chi connectivity index (χ0n) is 11.5. The van der Waals surface area contributed by atoms with Gasteiger partial charge in [0.25, 0.3) is 0 Å². The number of hydrogen-bond donors (Lipinski definition) is 0. The number of nitrogens with zero attached hydrogens (tertiary/aromatic N) is 3. The summed E-state index contributed by atoms with van der Waals surface area (Å²) in [5.74, 6) is 0.280. The number of rotatable bonds is 6. The van der Waals surface area contributed by atoms with E-state index in [1.807, 2.05) is 18.7 Å². The van der Waals surface area contributed by atoms with Crippen LogP contribution in [0, 0.1) is 0 Å². The van der Waals surface area contributed by atoms with E-state index < -0.39 is 0 Å². The van der Waals surface area contributed by atoms with Crippen LogP contribution in [0.15, 0.2) is 0 Å². The first-order chi connectivity index (χ1) is 8.19. The Balaban J connectivity index is 2.26. The van der Waals surface area contributed by atoms with Crippen molar-refractivity contribution >= 4 is 5.91 Å². The number of piperidine rings is 1. The van der Waals surface area contributed by atoms with Gasteiger partial charge in [0, 0.05) is 45.2 Å². The van der Waals surface area contributed by atoms with Crippen LogP contribution in [-0.4, -0.2) is 61.5 Å². The fourth-order valence-corrected chi connectivity index (χ4v) is 2.37. The monoisotopic (exact) mass is 240 g/mol. The van der Waals surface area contributed by atoms with Crippen LogP contribution in [0.1, 0.15) is 33.1 Å². The van der Waals surface area contributed by atoms with Gasteiger partial charge in [-0.2, -0.15) is 0 Å². The van der Waals surface area contributed by atoms with E-state index in [1.165, 1.54) is 0 Å². The van der Waals surface area contributed by atoms with Crippen molar-refractivity contribution in [1.29, 1.82) is 0 Å². The molecule has 0 spiro atoms. The molecule has 0 unspecified atom stereocenters. The highest BCUT2D eigenvalue weighted by Gasteiger charge is 2.19. The second-order valence-corrected chi connectivity index (χ2v) is 4.70. The summed E-state index contributed by atoms with van der Waals surface area (Å²) in [5, 5.41) is 4.36. The van der Waals surface area contributed by atoms with Crippen LogP contribution in [0.4, 0.5) is 0 Å². The second-order valence-electron chi connectivity index (χ2n) is 4.70. The molecule has 0 atom stereocenters. The Morgan fingerprint density at radius 3 is 2.35 bits per heavy atom. The quantitative estimate of drug-likeness (QED) is 0.693. The van der Waals surface area contributed by atoms with E-state index in [1.54, 1.807) is 0 Å². The summed E-state index contributed by atoms with van der Waals surface area (Å²) in [5.41, 5.74) is 0. The minimum absolute atomic E-state index is 0.280. The lowest BCUT2D eigenvalue weighted by Gasteiger charge is -2.31. The summed E-state index contributed by atoms with van der Waals surface area (Å²) in [6, 6.07) is 0.622.